The fraction of sp³-hybridized carbons (Fsp3) is 0.909. The van der Waals surface area contributed by atoms with Crippen LogP contribution in [0.2, 0.25) is 0 Å². The summed E-state index contributed by atoms with van der Waals surface area (Å²) in [5, 5.41) is 0. The molecule has 0 aliphatic carbocycles. The van der Waals surface area contributed by atoms with Crippen LogP contribution in [0.5, 0.6) is 0 Å². The lowest BCUT2D eigenvalue weighted by Crippen LogP contribution is -2.47. The highest BCUT2D eigenvalue weighted by molar-refractivity contribution is 5.77. The molecule has 5 heteroatoms. The Bertz CT molecular complexity index is 234. The van der Waals surface area contributed by atoms with E-state index >= 15 is 0 Å². The van der Waals surface area contributed by atoms with Crippen LogP contribution < -0.4 is 0 Å². The van der Waals surface area contributed by atoms with Gasteiger partial charge in [0.2, 0.25) is 5.91 Å². The number of ether oxygens (including phenoxy) is 3. The number of carbonyl (C=O) groups is 1. The van der Waals surface area contributed by atoms with Crippen molar-refractivity contribution in [1.82, 2.24) is 4.90 Å². The number of hydrogen-bond donors (Lipinski definition) is 0. The molecule has 1 amide bonds. The first-order valence-corrected chi connectivity index (χ1v) is 5.79. The van der Waals surface area contributed by atoms with Crippen molar-refractivity contribution in [3.63, 3.8) is 0 Å². The van der Waals surface area contributed by atoms with Crippen LogP contribution in [0.15, 0.2) is 0 Å². The van der Waals surface area contributed by atoms with Crippen LogP contribution in [0.4, 0.5) is 0 Å². The Morgan fingerprint density at radius 1 is 1.31 bits per heavy atom. The fourth-order valence-corrected chi connectivity index (χ4v) is 2.21. The van der Waals surface area contributed by atoms with E-state index in [4.69, 9.17) is 14.2 Å². The summed E-state index contributed by atoms with van der Waals surface area (Å²) >= 11 is 0. The summed E-state index contributed by atoms with van der Waals surface area (Å²) in [4.78, 5) is 13.6. The molecule has 0 N–H and O–H groups in total. The molecular formula is C11H19NO4. The highest BCUT2D eigenvalue weighted by Crippen LogP contribution is 2.26. The normalized spacial score (nSPS) is 28.4. The minimum absolute atomic E-state index is 0.0660. The third kappa shape index (κ3) is 2.93. The van der Waals surface area contributed by atoms with Crippen LogP contribution in [0.3, 0.4) is 0 Å². The molecule has 0 aromatic rings. The lowest BCUT2D eigenvalue weighted by Gasteiger charge is -2.32. The molecule has 0 aromatic carbocycles. The third-order valence-electron chi connectivity index (χ3n) is 3.05. The largest absolute Gasteiger partial charge is 0.382 e. The Morgan fingerprint density at radius 2 is 2.00 bits per heavy atom. The molecule has 2 fully saturated rings. The third-order valence-corrected chi connectivity index (χ3v) is 3.05. The van der Waals surface area contributed by atoms with Gasteiger partial charge in [-0.05, 0) is 12.8 Å². The van der Waals surface area contributed by atoms with E-state index in [2.05, 4.69) is 0 Å². The van der Waals surface area contributed by atoms with Gasteiger partial charge in [-0.3, -0.25) is 4.79 Å². The first-order chi connectivity index (χ1) is 7.79. The average Bonchev–Trinajstić information content (AvgIpc) is 2.63. The van der Waals surface area contributed by atoms with Gasteiger partial charge in [0, 0.05) is 20.2 Å². The van der Waals surface area contributed by atoms with Crippen LogP contribution in [-0.4, -0.2) is 63.0 Å². The van der Waals surface area contributed by atoms with Crippen molar-refractivity contribution in [2.24, 2.45) is 0 Å². The molecule has 92 valence electrons. The quantitative estimate of drug-likeness (QED) is 0.624. The van der Waals surface area contributed by atoms with Crippen LogP contribution >= 0.6 is 0 Å². The zero-order valence-electron chi connectivity index (χ0n) is 9.68. The Balaban J connectivity index is 1.69. The molecule has 5 nitrogen and oxygen atoms in total. The molecule has 2 aliphatic rings. The molecule has 2 saturated heterocycles. The molecule has 2 bridgehead atoms. The first-order valence-electron chi connectivity index (χ1n) is 5.79. The summed E-state index contributed by atoms with van der Waals surface area (Å²) in [6.45, 7) is 2.61. The van der Waals surface area contributed by atoms with Crippen LogP contribution in [0, 0.1) is 0 Å². The van der Waals surface area contributed by atoms with Gasteiger partial charge < -0.3 is 19.1 Å². The number of amides is 1. The Kier molecular flexibility index (Phi) is 4.15. The molecule has 2 unspecified atom stereocenters. The minimum atomic E-state index is 0.0660. The zero-order chi connectivity index (χ0) is 11.4. The number of rotatable bonds is 5. The molecule has 16 heavy (non-hydrogen) atoms. The summed E-state index contributed by atoms with van der Waals surface area (Å²) in [5.74, 6) is 0.0660. The van der Waals surface area contributed by atoms with E-state index in [9.17, 15) is 4.79 Å². The fourth-order valence-electron chi connectivity index (χ4n) is 2.21. The van der Waals surface area contributed by atoms with Crippen molar-refractivity contribution in [1.29, 1.82) is 0 Å². The topological polar surface area (TPSA) is 48.0 Å². The molecule has 0 radical (unpaired) electrons. The van der Waals surface area contributed by atoms with Gasteiger partial charge in [0.25, 0.3) is 0 Å². The second-order valence-electron chi connectivity index (χ2n) is 4.30. The van der Waals surface area contributed by atoms with Crippen molar-refractivity contribution >= 4 is 5.91 Å². The molecule has 0 aromatic heterocycles. The number of likely N-dealkylation sites (tertiary alicyclic amines) is 1. The number of morpholine rings is 1. The van der Waals surface area contributed by atoms with E-state index in [0.717, 1.165) is 25.9 Å². The predicted molar refractivity (Wildman–Crippen MR) is 57.2 cm³/mol. The van der Waals surface area contributed by atoms with Crippen molar-refractivity contribution in [3.05, 3.63) is 0 Å². The molecule has 0 spiro atoms. The van der Waals surface area contributed by atoms with Crippen LogP contribution in [0.1, 0.15) is 12.8 Å². The number of nitrogens with zero attached hydrogens (tertiary/aromatic N) is 1. The van der Waals surface area contributed by atoms with Gasteiger partial charge in [0.1, 0.15) is 6.61 Å². The van der Waals surface area contributed by atoms with Gasteiger partial charge >= 0.3 is 0 Å². The molecule has 2 rings (SSSR count). The lowest BCUT2D eigenvalue weighted by molar-refractivity contribution is -0.145. The molecule has 2 atom stereocenters. The maximum Gasteiger partial charge on any atom is 0.248 e. The van der Waals surface area contributed by atoms with Crippen molar-refractivity contribution < 1.29 is 19.0 Å². The van der Waals surface area contributed by atoms with E-state index in [-0.39, 0.29) is 24.7 Å². The first kappa shape index (κ1) is 11.8. The van der Waals surface area contributed by atoms with Gasteiger partial charge in [-0.25, -0.2) is 0 Å². The molecule has 2 heterocycles. The number of methoxy groups -OCH3 is 1. The molecule has 0 saturated carbocycles. The van der Waals surface area contributed by atoms with Crippen LogP contribution in [-0.2, 0) is 19.0 Å². The van der Waals surface area contributed by atoms with Gasteiger partial charge in [0.05, 0.1) is 25.4 Å². The van der Waals surface area contributed by atoms with Gasteiger partial charge in [-0.2, -0.15) is 0 Å². The summed E-state index contributed by atoms with van der Waals surface area (Å²) in [6, 6.07) is 0. The Hall–Kier alpha value is -0.650. The summed E-state index contributed by atoms with van der Waals surface area (Å²) in [7, 11) is 1.62. The summed E-state index contributed by atoms with van der Waals surface area (Å²) in [5.41, 5.74) is 0. The smallest absolute Gasteiger partial charge is 0.248 e. The van der Waals surface area contributed by atoms with E-state index < -0.39 is 0 Å². The van der Waals surface area contributed by atoms with E-state index in [1.54, 1.807) is 7.11 Å². The van der Waals surface area contributed by atoms with Crippen LogP contribution in [0.25, 0.3) is 0 Å². The van der Waals surface area contributed by atoms with E-state index in [0.29, 0.717) is 13.2 Å². The summed E-state index contributed by atoms with van der Waals surface area (Å²) < 4.78 is 15.7. The lowest BCUT2D eigenvalue weighted by atomic mass is 10.2. The Morgan fingerprint density at radius 3 is 2.62 bits per heavy atom. The molecule has 2 aliphatic heterocycles. The van der Waals surface area contributed by atoms with Crippen molar-refractivity contribution in [3.8, 4) is 0 Å². The van der Waals surface area contributed by atoms with E-state index in [1.807, 2.05) is 4.90 Å². The monoisotopic (exact) mass is 229 g/mol. The minimum Gasteiger partial charge on any atom is -0.382 e. The van der Waals surface area contributed by atoms with Crippen molar-refractivity contribution in [2.45, 2.75) is 25.0 Å². The standard InChI is InChI=1S/C11H19NO4/c1-14-4-5-15-8-11(13)12-6-9-2-3-10(7-12)16-9/h9-10H,2-8H2,1H3. The highest BCUT2D eigenvalue weighted by Gasteiger charge is 2.35. The maximum absolute atomic E-state index is 11.8. The average molecular weight is 229 g/mol. The van der Waals surface area contributed by atoms with Gasteiger partial charge in [0.15, 0.2) is 0 Å². The van der Waals surface area contributed by atoms with E-state index in [1.165, 1.54) is 0 Å². The highest BCUT2D eigenvalue weighted by atomic mass is 16.5. The number of carbonyl (C=O) groups excluding carboxylic acids is 1. The SMILES string of the molecule is COCCOCC(=O)N1CC2CCC(C1)O2. The van der Waals surface area contributed by atoms with Gasteiger partial charge in [-0.1, -0.05) is 0 Å². The predicted octanol–water partition coefficient (Wildman–Crippen LogP) is 0.0392. The van der Waals surface area contributed by atoms with Gasteiger partial charge in [-0.15, -0.1) is 0 Å². The zero-order valence-corrected chi connectivity index (χ0v) is 9.68. The summed E-state index contributed by atoms with van der Waals surface area (Å²) in [6.07, 6.45) is 2.67. The number of hydrogen-bond acceptors (Lipinski definition) is 4. The molecular weight excluding hydrogens is 210 g/mol. The number of fused-ring (bicyclic) bond motifs is 2. The van der Waals surface area contributed by atoms with Crippen molar-refractivity contribution in [2.75, 3.05) is 40.0 Å². The second kappa shape index (κ2) is 5.61. The Labute approximate surface area is 95.6 Å². The maximum atomic E-state index is 11.8. The second-order valence-corrected chi connectivity index (χ2v) is 4.30.